The molecule has 6 nitrogen and oxygen atoms in total. The Hall–Kier alpha value is -3.38. The van der Waals surface area contributed by atoms with Gasteiger partial charge in [-0.05, 0) is 25.5 Å². The standard InChI is InChI=1S/C24H24N2O4/c1-15(2)30-13-12-26-21(16-8-4-3-5-9-16)20(23(28)24(26)29)22(27)18-14-25-19-11-7-6-10-17(18)19/h3-11,14-15,21,25,27H,12-13H2,1-2H3/b22-20-. The smallest absolute Gasteiger partial charge is 0.295 e. The van der Waals surface area contributed by atoms with Crippen LogP contribution in [0.3, 0.4) is 0 Å². The van der Waals surface area contributed by atoms with Crippen LogP contribution < -0.4 is 0 Å². The van der Waals surface area contributed by atoms with E-state index in [0.717, 1.165) is 16.5 Å². The molecular formula is C24H24N2O4. The molecule has 1 saturated heterocycles. The van der Waals surface area contributed by atoms with Gasteiger partial charge in [-0.2, -0.15) is 0 Å². The molecule has 0 aliphatic carbocycles. The number of aromatic amines is 1. The predicted molar refractivity (Wildman–Crippen MR) is 115 cm³/mol. The number of amides is 1. The third-order valence-electron chi connectivity index (χ3n) is 5.28. The average Bonchev–Trinajstić information content (AvgIpc) is 3.28. The van der Waals surface area contributed by atoms with Gasteiger partial charge in [-0.15, -0.1) is 0 Å². The lowest BCUT2D eigenvalue weighted by Gasteiger charge is -2.25. The van der Waals surface area contributed by atoms with Crippen molar-refractivity contribution in [2.75, 3.05) is 13.2 Å². The number of carbonyl (C=O) groups is 2. The number of benzene rings is 2. The van der Waals surface area contributed by atoms with Gasteiger partial charge < -0.3 is 19.7 Å². The van der Waals surface area contributed by atoms with Gasteiger partial charge in [-0.1, -0.05) is 48.5 Å². The van der Waals surface area contributed by atoms with Gasteiger partial charge in [0, 0.05) is 29.2 Å². The Bertz CT molecular complexity index is 1110. The summed E-state index contributed by atoms with van der Waals surface area (Å²) in [5.41, 5.74) is 2.21. The first kappa shape index (κ1) is 19.9. The van der Waals surface area contributed by atoms with Crippen LogP contribution in [0.2, 0.25) is 0 Å². The highest BCUT2D eigenvalue weighted by atomic mass is 16.5. The number of ether oxygens (including phenoxy) is 1. The number of likely N-dealkylation sites (tertiary alicyclic amines) is 1. The van der Waals surface area contributed by atoms with Crippen LogP contribution in [-0.2, 0) is 14.3 Å². The van der Waals surface area contributed by atoms with Crippen LogP contribution in [0.1, 0.15) is 31.0 Å². The monoisotopic (exact) mass is 404 g/mol. The summed E-state index contributed by atoms with van der Waals surface area (Å²) < 4.78 is 5.61. The summed E-state index contributed by atoms with van der Waals surface area (Å²) in [4.78, 5) is 30.5. The fourth-order valence-electron chi connectivity index (χ4n) is 3.89. The summed E-state index contributed by atoms with van der Waals surface area (Å²) in [5, 5.41) is 12.0. The molecule has 1 fully saturated rings. The first-order valence-corrected chi connectivity index (χ1v) is 10.0. The second-order valence-electron chi connectivity index (χ2n) is 7.57. The van der Waals surface area contributed by atoms with Gasteiger partial charge in [0.15, 0.2) is 0 Å². The molecule has 1 aliphatic heterocycles. The van der Waals surface area contributed by atoms with E-state index >= 15 is 0 Å². The lowest BCUT2D eigenvalue weighted by molar-refractivity contribution is -0.140. The third-order valence-corrected chi connectivity index (χ3v) is 5.28. The van der Waals surface area contributed by atoms with Crippen molar-refractivity contribution in [3.63, 3.8) is 0 Å². The maximum atomic E-state index is 13.0. The van der Waals surface area contributed by atoms with Gasteiger partial charge in [-0.3, -0.25) is 9.59 Å². The number of fused-ring (bicyclic) bond motifs is 1. The number of carbonyl (C=O) groups excluding carboxylic acids is 2. The van der Waals surface area contributed by atoms with Crippen LogP contribution in [0.25, 0.3) is 16.7 Å². The summed E-state index contributed by atoms with van der Waals surface area (Å²) in [5.74, 6) is -1.49. The molecule has 2 heterocycles. The van der Waals surface area contributed by atoms with Crippen molar-refractivity contribution in [2.24, 2.45) is 0 Å². The molecule has 30 heavy (non-hydrogen) atoms. The molecule has 3 aromatic rings. The van der Waals surface area contributed by atoms with E-state index < -0.39 is 17.7 Å². The SMILES string of the molecule is CC(C)OCCN1C(=O)C(=O)/C(=C(\O)c2c[nH]c3ccccc23)C1c1ccccc1. The number of H-pyrrole nitrogens is 1. The average molecular weight is 404 g/mol. The predicted octanol–water partition coefficient (Wildman–Crippen LogP) is 4.01. The number of hydrogen-bond donors (Lipinski definition) is 2. The summed E-state index contributed by atoms with van der Waals surface area (Å²) in [6, 6.07) is 16.1. The van der Waals surface area contributed by atoms with Crippen molar-refractivity contribution in [1.29, 1.82) is 0 Å². The molecule has 154 valence electrons. The molecule has 2 N–H and O–H groups in total. The van der Waals surface area contributed by atoms with Crippen molar-refractivity contribution in [2.45, 2.75) is 26.0 Å². The molecule has 1 aliphatic rings. The van der Waals surface area contributed by atoms with E-state index in [1.165, 1.54) is 4.90 Å². The Morgan fingerprint density at radius 1 is 1.10 bits per heavy atom. The molecule has 0 saturated carbocycles. The largest absolute Gasteiger partial charge is 0.507 e. The molecule has 1 amide bonds. The van der Waals surface area contributed by atoms with Gasteiger partial charge in [0.05, 0.1) is 24.3 Å². The number of hydrogen-bond acceptors (Lipinski definition) is 4. The molecule has 1 atom stereocenters. The van der Waals surface area contributed by atoms with E-state index in [0.29, 0.717) is 12.2 Å². The Morgan fingerprint density at radius 2 is 1.80 bits per heavy atom. The summed E-state index contributed by atoms with van der Waals surface area (Å²) in [6.45, 7) is 4.40. The number of para-hydroxylation sites is 1. The Kier molecular flexibility index (Phi) is 5.42. The molecule has 6 heteroatoms. The highest BCUT2D eigenvalue weighted by Crippen LogP contribution is 2.40. The quantitative estimate of drug-likeness (QED) is 0.369. The van der Waals surface area contributed by atoms with Crippen molar-refractivity contribution in [1.82, 2.24) is 9.88 Å². The second-order valence-corrected chi connectivity index (χ2v) is 7.57. The van der Waals surface area contributed by atoms with Crippen LogP contribution in [0.15, 0.2) is 66.4 Å². The van der Waals surface area contributed by atoms with Gasteiger partial charge in [-0.25, -0.2) is 0 Å². The zero-order valence-electron chi connectivity index (χ0n) is 17.0. The summed E-state index contributed by atoms with van der Waals surface area (Å²) in [7, 11) is 0. The lowest BCUT2D eigenvalue weighted by atomic mass is 9.95. The molecule has 2 aromatic carbocycles. The molecule has 0 radical (unpaired) electrons. The molecule has 0 bridgehead atoms. The molecule has 1 aromatic heterocycles. The number of Topliss-reactive ketones (excluding diaryl/α,β-unsaturated/α-hetero) is 1. The van der Waals surface area contributed by atoms with Crippen LogP contribution in [0.4, 0.5) is 0 Å². The van der Waals surface area contributed by atoms with Gasteiger partial charge in [0.25, 0.3) is 11.7 Å². The molecular weight excluding hydrogens is 380 g/mol. The topological polar surface area (TPSA) is 82.6 Å². The summed E-state index contributed by atoms with van der Waals surface area (Å²) in [6.07, 6.45) is 1.68. The van der Waals surface area contributed by atoms with E-state index in [1.54, 1.807) is 6.20 Å². The third kappa shape index (κ3) is 3.50. The van der Waals surface area contributed by atoms with E-state index in [4.69, 9.17) is 4.74 Å². The highest BCUT2D eigenvalue weighted by Gasteiger charge is 2.46. The van der Waals surface area contributed by atoms with Crippen LogP contribution in [0.5, 0.6) is 0 Å². The number of ketones is 1. The van der Waals surface area contributed by atoms with Crippen LogP contribution >= 0.6 is 0 Å². The number of aliphatic hydroxyl groups excluding tert-OH is 1. The minimum absolute atomic E-state index is 0.0169. The Morgan fingerprint density at radius 3 is 2.53 bits per heavy atom. The lowest BCUT2D eigenvalue weighted by Crippen LogP contribution is -2.33. The number of nitrogens with zero attached hydrogens (tertiary/aromatic N) is 1. The summed E-state index contributed by atoms with van der Waals surface area (Å²) >= 11 is 0. The first-order valence-electron chi connectivity index (χ1n) is 10.0. The number of aliphatic hydroxyl groups is 1. The van der Waals surface area contributed by atoms with Crippen molar-refractivity contribution in [3.8, 4) is 0 Å². The number of rotatable bonds is 6. The van der Waals surface area contributed by atoms with Gasteiger partial charge in [0.1, 0.15) is 5.76 Å². The zero-order chi connectivity index (χ0) is 21.3. The fourth-order valence-corrected chi connectivity index (χ4v) is 3.89. The van der Waals surface area contributed by atoms with E-state index in [1.807, 2.05) is 68.4 Å². The molecule has 4 rings (SSSR count). The van der Waals surface area contributed by atoms with E-state index in [2.05, 4.69) is 4.98 Å². The normalized spacial score (nSPS) is 18.6. The van der Waals surface area contributed by atoms with E-state index in [-0.39, 0.29) is 24.0 Å². The molecule has 1 unspecified atom stereocenters. The van der Waals surface area contributed by atoms with Crippen LogP contribution in [-0.4, -0.2) is 45.9 Å². The van der Waals surface area contributed by atoms with E-state index in [9.17, 15) is 14.7 Å². The number of aromatic nitrogens is 1. The Labute approximate surface area is 174 Å². The minimum Gasteiger partial charge on any atom is -0.507 e. The van der Waals surface area contributed by atoms with Gasteiger partial charge in [0.2, 0.25) is 0 Å². The Balaban J connectivity index is 1.83. The van der Waals surface area contributed by atoms with Crippen molar-refractivity contribution in [3.05, 3.63) is 77.5 Å². The second kappa shape index (κ2) is 8.16. The number of nitrogens with one attached hydrogen (secondary N) is 1. The zero-order valence-corrected chi connectivity index (χ0v) is 17.0. The molecule has 0 spiro atoms. The first-order chi connectivity index (χ1) is 14.5. The van der Waals surface area contributed by atoms with Crippen LogP contribution in [0, 0.1) is 0 Å². The van der Waals surface area contributed by atoms with Crippen molar-refractivity contribution >= 4 is 28.4 Å². The van der Waals surface area contributed by atoms with Crippen molar-refractivity contribution < 1.29 is 19.4 Å². The van der Waals surface area contributed by atoms with Gasteiger partial charge >= 0.3 is 0 Å². The maximum Gasteiger partial charge on any atom is 0.295 e. The maximum absolute atomic E-state index is 13.0. The minimum atomic E-state index is -0.684. The highest BCUT2D eigenvalue weighted by molar-refractivity contribution is 6.46. The fraction of sp³-hybridized carbons (Fsp3) is 0.250.